The smallest absolute Gasteiger partial charge is 0.156 e. The van der Waals surface area contributed by atoms with Crippen LogP contribution >= 0.6 is 0 Å². The summed E-state index contributed by atoms with van der Waals surface area (Å²) < 4.78 is 0. The molecule has 0 aliphatic rings. The van der Waals surface area contributed by atoms with Gasteiger partial charge in [0.05, 0.1) is 6.04 Å². The number of oxime groups is 1. The molecule has 0 saturated carbocycles. The Morgan fingerprint density at radius 1 is 1.42 bits per heavy atom. The van der Waals surface area contributed by atoms with Gasteiger partial charge in [-0.05, 0) is 31.5 Å². The minimum atomic E-state index is -0.0490. The molecule has 0 aliphatic carbocycles. The topological polar surface area (TPSA) is 73.9 Å². The summed E-state index contributed by atoms with van der Waals surface area (Å²) in [5.41, 5.74) is 6.80. The fraction of sp³-hybridized carbons (Fsp3) is 0.500. The zero-order valence-electron chi connectivity index (χ0n) is 11.7. The van der Waals surface area contributed by atoms with E-state index in [0.29, 0.717) is 0 Å². The van der Waals surface area contributed by atoms with Crippen LogP contribution in [0.3, 0.4) is 0 Å². The molecule has 0 spiro atoms. The van der Waals surface area contributed by atoms with E-state index in [1.165, 1.54) is 5.69 Å². The molecule has 5 heteroatoms. The Morgan fingerprint density at radius 2 is 2.11 bits per heavy atom. The lowest BCUT2D eigenvalue weighted by Gasteiger charge is -2.20. The average molecular weight is 264 g/mol. The molecular weight excluding hydrogens is 240 g/mol. The number of rotatable bonds is 8. The maximum Gasteiger partial charge on any atom is 0.156 e. The predicted molar refractivity (Wildman–Crippen MR) is 79.8 cm³/mol. The molecule has 0 amide bonds. The Morgan fingerprint density at radius 3 is 2.68 bits per heavy atom. The third-order valence-corrected chi connectivity index (χ3v) is 3.14. The number of amidine groups is 1. The van der Waals surface area contributed by atoms with Crippen molar-refractivity contribution in [2.75, 3.05) is 25.0 Å². The normalized spacial score (nSPS) is 13.3. The molecule has 106 valence electrons. The van der Waals surface area contributed by atoms with Gasteiger partial charge in [0.2, 0.25) is 0 Å². The Kier molecular flexibility index (Phi) is 6.74. The summed E-state index contributed by atoms with van der Waals surface area (Å²) >= 11 is 0. The molecule has 0 heterocycles. The Hall–Kier alpha value is -1.75. The predicted octanol–water partition coefficient (Wildman–Crippen LogP) is 1.63. The van der Waals surface area contributed by atoms with Crippen LogP contribution < -0.4 is 16.0 Å². The number of para-hydroxylation sites is 1. The van der Waals surface area contributed by atoms with Crippen LogP contribution in [0.15, 0.2) is 35.5 Å². The van der Waals surface area contributed by atoms with Gasteiger partial charge in [-0.15, -0.1) is 0 Å². The molecule has 0 aliphatic heterocycles. The van der Waals surface area contributed by atoms with E-state index in [0.717, 1.165) is 25.9 Å². The van der Waals surface area contributed by atoms with Crippen molar-refractivity contribution in [1.29, 1.82) is 0 Å². The number of benzene rings is 1. The third-order valence-electron chi connectivity index (χ3n) is 3.14. The number of nitrogens with zero attached hydrogens (tertiary/aromatic N) is 2. The maximum atomic E-state index is 8.64. The number of nitrogens with two attached hydrogens (primary N) is 1. The van der Waals surface area contributed by atoms with Gasteiger partial charge >= 0.3 is 0 Å². The summed E-state index contributed by atoms with van der Waals surface area (Å²) in [5, 5.41) is 15.0. The maximum absolute atomic E-state index is 8.64. The summed E-state index contributed by atoms with van der Waals surface area (Å²) in [6.45, 7) is 3.81. The zero-order chi connectivity index (χ0) is 14.1. The van der Waals surface area contributed by atoms with Crippen LogP contribution in [0.25, 0.3) is 0 Å². The van der Waals surface area contributed by atoms with Gasteiger partial charge in [0, 0.05) is 19.3 Å². The van der Waals surface area contributed by atoms with Crippen molar-refractivity contribution in [3.05, 3.63) is 30.3 Å². The van der Waals surface area contributed by atoms with Gasteiger partial charge in [0.1, 0.15) is 0 Å². The van der Waals surface area contributed by atoms with Crippen molar-refractivity contribution in [2.24, 2.45) is 10.9 Å². The van der Waals surface area contributed by atoms with E-state index in [9.17, 15) is 0 Å². The van der Waals surface area contributed by atoms with Crippen LogP contribution in [0.1, 0.15) is 19.8 Å². The van der Waals surface area contributed by atoms with Crippen molar-refractivity contribution in [1.82, 2.24) is 5.32 Å². The number of nitrogens with one attached hydrogen (secondary N) is 1. The highest BCUT2D eigenvalue weighted by Gasteiger charge is 2.10. The highest BCUT2D eigenvalue weighted by atomic mass is 16.4. The second-order valence-corrected chi connectivity index (χ2v) is 4.55. The second-order valence-electron chi connectivity index (χ2n) is 4.55. The SMILES string of the molecule is CCC(NCCCN(C)c1ccccc1)C(N)=NO. The van der Waals surface area contributed by atoms with Crippen LogP contribution in [-0.2, 0) is 0 Å². The zero-order valence-corrected chi connectivity index (χ0v) is 11.7. The van der Waals surface area contributed by atoms with Crippen LogP contribution in [0.2, 0.25) is 0 Å². The molecule has 4 N–H and O–H groups in total. The van der Waals surface area contributed by atoms with Gasteiger partial charge in [-0.2, -0.15) is 0 Å². The molecule has 0 radical (unpaired) electrons. The number of hydrogen-bond donors (Lipinski definition) is 3. The van der Waals surface area contributed by atoms with Crippen LogP contribution in [0, 0.1) is 0 Å². The molecule has 5 nitrogen and oxygen atoms in total. The molecular formula is C14H24N4O. The number of anilines is 1. The highest BCUT2D eigenvalue weighted by molar-refractivity contribution is 5.85. The molecule has 1 aromatic carbocycles. The summed E-state index contributed by atoms with van der Waals surface area (Å²) in [5.74, 6) is 0.249. The van der Waals surface area contributed by atoms with E-state index >= 15 is 0 Å². The monoisotopic (exact) mass is 264 g/mol. The summed E-state index contributed by atoms with van der Waals surface area (Å²) in [6, 6.07) is 10.2. The minimum Gasteiger partial charge on any atom is -0.409 e. The summed E-state index contributed by atoms with van der Waals surface area (Å²) in [7, 11) is 2.08. The minimum absolute atomic E-state index is 0.0490. The third kappa shape index (κ3) is 5.18. The van der Waals surface area contributed by atoms with Crippen molar-refractivity contribution in [2.45, 2.75) is 25.8 Å². The summed E-state index contributed by atoms with van der Waals surface area (Å²) in [4.78, 5) is 2.21. The molecule has 0 aromatic heterocycles. The van der Waals surface area contributed by atoms with Crippen molar-refractivity contribution >= 4 is 11.5 Å². The highest BCUT2D eigenvalue weighted by Crippen LogP contribution is 2.10. The largest absolute Gasteiger partial charge is 0.409 e. The lowest BCUT2D eigenvalue weighted by atomic mass is 10.2. The second kappa shape index (κ2) is 8.37. The molecule has 1 aromatic rings. The van der Waals surface area contributed by atoms with E-state index in [1.54, 1.807) is 0 Å². The van der Waals surface area contributed by atoms with Crippen molar-refractivity contribution in [3.8, 4) is 0 Å². The lowest BCUT2D eigenvalue weighted by Crippen LogP contribution is -2.42. The average Bonchev–Trinajstić information content (AvgIpc) is 2.47. The number of hydrogen-bond acceptors (Lipinski definition) is 4. The molecule has 0 fully saturated rings. The Bertz CT molecular complexity index is 380. The molecule has 1 atom stereocenters. The van der Waals surface area contributed by atoms with Crippen molar-refractivity contribution < 1.29 is 5.21 Å². The molecule has 1 rings (SSSR count). The Balaban J connectivity index is 2.27. The van der Waals surface area contributed by atoms with E-state index in [-0.39, 0.29) is 11.9 Å². The lowest BCUT2D eigenvalue weighted by molar-refractivity contribution is 0.314. The molecule has 0 saturated heterocycles. The van der Waals surface area contributed by atoms with Gasteiger partial charge in [-0.25, -0.2) is 0 Å². The van der Waals surface area contributed by atoms with E-state index < -0.39 is 0 Å². The standard InChI is InChI=1S/C14H24N4O/c1-3-13(14(15)17-19)16-10-7-11-18(2)12-8-5-4-6-9-12/h4-6,8-9,13,16,19H,3,7,10-11H2,1-2H3,(H2,15,17). The van der Waals surface area contributed by atoms with E-state index in [2.05, 4.69) is 34.6 Å². The molecule has 1 unspecified atom stereocenters. The Labute approximate surface area is 115 Å². The van der Waals surface area contributed by atoms with Gasteiger partial charge in [0.25, 0.3) is 0 Å². The summed E-state index contributed by atoms with van der Waals surface area (Å²) in [6.07, 6.45) is 1.81. The van der Waals surface area contributed by atoms with Gasteiger partial charge in [-0.3, -0.25) is 0 Å². The van der Waals surface area contributed by atoms with Crippen LogP contribution in [0.5, 0.6) is 0 Å². The van der Waals surface area contributed by atoms with Crippen LogP contribution in [0.4, 0.5) is 5.69 Å². The van der Waals surface area contributed by atoms with Gasteiger partial charge in [0.15, 0.2) is 5.84 Å². The fourth-order valence-electron chi connectivity index (χ4n) is 1.93. The van der Waals surface area contributed by atoms with Gasteiger partial charge in [-0.1, -0.05) is 30.3 Å². The van der Waals surface area contributed by atoms with Gasteiger partial charge < -0.3 is 21.2 Å². The first-order valence-corrected chi connectivity index (χ1v) is 6.66. The first-order chi connectivity index (χ1) is 9.19. The first kappa shape index (κ1) is 15.3. The molecule has 19 heavy (non-hydrogen) atoms. The quantitative estimate of drug-likeness (QED) is 0.219. The molecule has 0 bridgehead atoms. The van der Waals surface area contributed by atoms with Crippen LogP contribution in [-0.4, -0.2) is 37.2 Å². The van der Waals surface area contributed by atoms with E-state index in [4.69, 9.17) is 10.9 Å². The van der Waals surface area contributed by atoms with E-state index in [1.807, 2.05) is 25.1 Å². The first-order valence-electron chi connectivity index (χ1n) is 6.66. The fourth-order valence-corrected chi connectivity index (χ4v) is 1.93. The van der Waals surface area contributed by atoms with Crippen molar-refractivity contribution in [3.63, 3.8) is 0 Å².